The van der Waals surface area contributed by atoms with Crippen molar-refractivity contribution in [3.8, 4) is 6.07 Å². The number of carbonyl (C=O) groups is 1. The summed E-state index contributed by atoms with van der Waals surface area (Å²) in [7, 11) is 0. The highest BCUT2D eigenvalue weighted by Gasteiger charge is 2.12. The number of hydrogen-bond donors (Lipinski definition) is 2. The fraction of sp³-hybridized carbons (Fsp3) is 0.111. The van der Waals surface area contributed by atoms with Crippen molar-refractivity contribution >= 4 is 33.1 Å². The minimum absolute atomic E-state index is 0.158. The lowest BCUT2D eigenvalue weighted by molar-refractivity contribution is 0.102. The molecule has 0 unspecified atom stereocenters. The number of nitrogens with zero attached hydrogens (tertiary/aromatic N) is 1. The normalized spacial score (nSPS) is 9.43. The van der Waals surface area contributed by atoms with E-state index in [2.05, 4.69) is 15.9 Å². The van der Waals surface area contributed by atoms with Gasteiger partial charge in [0.2, 0.25) is 0 Å². The molecule has 1 aromatic carbocycles. The number of carbonyl (C=O) groups excluding carboxylic acids is 1. The van der Waals surface area contributed by atoms with Crippen molar-refractivity contribution in [1.82, 2.24) is 0 Å². The van der Waals surface area contributed by atoms with Crippen LogP contribution in [0.2, 0.25) is 0 Å². The first kappa shape index (κ1) is 10.5. The maximum absolute atomic E-state index is 11.4. The zero-order valence-corrected chi connectivity index (χ0v) is 8.84. The average Bonchev–Trinajstić information content (AvgIpc) is 2.19. The molecule has 0 bridgehead atoms. The highest BCUT2D eigenvalue weighted by atomic mass is 79.9. The van der Waals surface area contributed by atoms with E-state index < -0.39 is 0 Å². The Bertz CT molecular complexity index is 423. The Morgan fingerprint density at radius 3 is 2.64 bits per heavy atom. The van der Waals surface area contributed by atoms with Gasteiger partial charge >= 0.3 is 0 Å². The Labute approximate surface area is 89.6 Å². The van der Waals surface area contributed by atoms with E-state index >= 15 is 0 Å². The third-order valence-electron chi connectivity index (χ3n) is 1.74. The van der Waals surface area contributed by atoms with E-state index in [0.717, 1.165) is 0 Å². The molecule has 0 radical (unpaired) electrons. The van der Waals surface area contributed by atoms with Crippen molar-refractivity contribution in [3.05, 3.63) is 23.3 Å². The van der Waals surface area contributed by atoms with Crippen LogP contribution < -0.4 is 11.5 Å². The Morgan fingerprint density at radius 1 is 1.50 bits per heavy atom. The van der Waals surface area contributed by atoms with E-state index in [1.807, 2.05) is 6.07 Å². The molecule has 1 aromatic rings. The number of hydrogen-bond acceptors (Lipinski definition) is 4. The Morgan fingerprint density at radius 2 is 2.14 bits per heavy atom. The molecule has 0 saturated heterocycles. The molecule has 4 N–H and O–H groups in total. The number of rotatable bonds is 2. The van der Waals surface area contributed by atoms with Gasteiger partial charge in [0.15, 0.2) is 5.78 Å². The summed E-state index contributed by atoms with van der Waals surface area (Å²) in [5.74, 6) is -0.189. The van der Waals surface area contributed by atoms with Crippen LogP contribution in [-0.2, 0) is 0 Å². The van der Waals surface area contributed by atoms with Gasteiger partial charge in [0, 0.05) is 11.3 Å². The highest BCUT2D eigenvalue weighted by molar-refractivity contribution is 9.09. The van der Waals surface area contributed by atoms with Crippen LogP contribution in [0.1, 0.15) is 15.9 Å². The highest BCUT2D eigenvalue weighted by Crippen LogP contribution is 2.22. The molecule has 0 atom stereocenters. The monoisotopic (exact) mass is 253 g/mol. The van der Waals surface area contributed by atoms with Gasteiger partial charge in [0.25, 0.3) is 0 Å². The number of Topliss-reactive ketones (excluding diaryl/α,β-unsaturated/α-hetero) is 1. The molecule has 5 heteroatoms. The molecule has 14 heavy (non-hydrogen) atoms. The second kappa shape index (κ2) is 4.11. The fourth-order valence-electron chi connectivity index (χ4n) is 1.07. The van der Waals surface area contributed by atoms with Crippen LogP contribution in [-0.4, -0.2) is 11.1 Å². The van der Waals surface area contributed by atoms with Crippen LogP contribution in [0.25, 0.3) is 0 Å². The van der Waals surface area contributed by atoms with Crippen LogP contribution in [0.4, 0.5) is 11.4 Å². The molecule has 0 aliphatic carbocycles. The smallest absolute Gasteiger partial charge is 0.175 e. The molecule has 0 saturated carbocycles. The minimum atomic E-state index is -0.189. The van der Waals surface area contributed by atoms with Crippen molar-refractivity contribution in [1.29, 1.82) is 5.26 Å². The van der Waals surface area contributed by atoms with Gasteiger partial charge in [-0.3, -0.25) is 4.79 Å². The number of nitriles is 1. The van der Waals surface area contributed by atoms with Crippen molar-refractivity contribution in [2.75, 3.05) is 16.8 Å². The molecule has 0 heterocycles. The molecule has 0 spiro atoms. The molecule has 72 valence electrons. The molecule has 1 rings (SSSR count). The van der Waals surface area contributed by atoms with Crippen molar-refractivity contribution in [2.24, 2.45) is 0 Å². The van der Waals surface area contributed by atoms with Gasteiger partial charge in [-0.2, -0.15) is 5.26 Å². The van der Waals surface area contributed by atoms with E-state index in [-0.39, 0.29) is 22.4 Å². The molecule has 0 aliphatic heterocycles. The summed E-state index contributed by atoms with van der Waals surface area (Å²) in [5.41, 5.74) is 12.2. The molecule has 0 aliphatic rings. The summed E-state index contributed by atoms with van der Waals surface area (Å²) in [5, 5.41) is 8.87. The van der Waals surface area contributed by atoms with Gasteiger partial charge in [-0.15, -0.1) is 0 Å². The average molecular weight is 254 g/mol. The maximum Gasteiger partial charge on any atom is 0.175 e. The molecular formula is C9H8BrN3O. The number of nitrogen functional groups attached to an aromatic ring is 2. The van der Waals surface area contributed by atoms with Gasteiger partial charge in [-0.05, 0) is 12.1 Å². The Balaban J connectivity index is 3.38. The lowest BCUT2D eigenvalue weighted by Crippen LogP contribution is -2.07. The summed E-state index contributed by atoms with van der Waals surface area (Å²) in [6, 6.07) is 4.80. The van der Waals surface area contributed by atoms with Crippen molar-refractivity contribution in [2.45, 2.75) is 0 Å². The number of ketones is 1. The lowest BCUT2D eigenvalue weighted by Gasteiger charge is -2.05. The summed E-state index contributed by atoms with van der Waals surface area (Å²) in [4.78, 5) is 11.4. The van der Waals surface area contributed by atoms with Crippen molar-refractivity contribution < 1.29 is 4.79 Å². The van der Waals surface area contributed by atoms with E-state index in [4.69, 9.17) is 16.7 Å². The van der Waals surface area contributed by atoms with Crippen LogP contribution in [0, 0.1) is 11.3 Å². The standard InChI is InChI=1S/C9H8BrN3O/c10-3-8(14)7-2-6(12)1-5(4-11)9(7)13/h1-2H,3,12-13H2. The zero-order chi connectivity index (χ0) is 10.7. The Hall–Kier alpha value is -1.54. The van der Waals surface area contributed by atoms with Gasteiger partial charge in [-0.25, -0.2) is 0 Å². The summed E-state index contributed by atoms with van der Waals surface area (Å²) in [6.07, 6.45) is 0. The first-order valence-electron chi connectivity index (χ1n) is 3.78. The summed E-state index contributed by atoms with van der Waals surface area (Å²) >= 11 is 3.03. The Kier molecular flexibility index (Phi) is 3.10. The van der Waals surface area contributed by atoms with E-state index in [0.29, 0.717) is 11.3 Å². The third kappa shape index (κ3) is 1.86. The number of anilines is 2. The van der Waals surface area contributed by atoms with Gasteiger partial charge in [0.1, 0.15) is 6.07 Å². The van der Waals surface area contributed by atoms with E-state index in [1.54, 1.807) is 0 Å². The van der Waals surface area contributed by atoms with Crippen LogP contribution >= 0.6 is 15.9 Å². The second-order valence-electron chi connectivity index (χ2n) is 2.70. The number of benzene rings is 1. The van der Waals surface area contributed by atoms with Crippen molar-refractivity contribution in [3.63, 3.8) is 0 Å². The quantitative estimate of drug-likeness (QED) is 0.472. The first-order chi connectivity index (χ1) is 6.60. The molecule has 0 amide bonds. The first-order valence-corrected chi connectivity index (χ1v) is 4.90. The molecule has 0 fully saturated rings. The van der Waals surface area contributed by atoms with Crippen LogP contribution in [0.5, 0.6) is 0 Å². The number of nitrogens with two attached hydrogens (primary N) is 2. The van der Waals surface area contributed by atoms with Gasteiger partial charge in [-0.1, -0.05) is 15.9 Å². The summed E-state index contributed by atoms with van der Waals surface area (Å²) in [6.45, 7) is 0. The van der Waals surface area contributed by atoms with Crippen LogP contribution in [0.15, 0.2) is 12.1 Å². The van der Waals surface area contributed by atoms with Gasteiger partial charge in [0.05, 0.1) is 16.6 Å². The van der Waals surface area contributed by atoms with Crippen LogP contribution in [0.3, 0.4) is 0 Å². The molecular weight excluding hydrogens is 246 g/mol. The SMILES string of the molecule is N#Cc1cc(N)cc(C(=O)CBr)c1N. The number of alkyl halides is 1. The number of halogens is 1. The zero-order valence-electron chi connectivity index (χ0n) is 7.25. The second-order valence-corrected chi connectivity index (χ2v) is 3.26. The van der Waals surface area contributed by atoms with E-state index in [1.165, 1.54) is 12.1 Å². The predicted octanol–water partition coefficient (Wildman–Crippen LogP) is 1.30. The van der Waals surface area contributed by atoms with E-state index in [9.17, 15) is 4.79 Å². The summed E-state index contributed by atoms with van der Waals surface area (Å²) < 4.78 is 0. The maximum atomic E-state index is 11.4. The molecule has 4 nitrogen and oxygen atoms in total. The molecule has 0 aromatic heterocycles. The predicted molar refractivity (Wildman–Crippen MR) is 58.1 cm³/mol. The minimum Gasteiger partial charge on any atom is -0.399 e. The fourth-order valence-corrected chi connectivity index (χ4v) is 1.37. The topological polar surface area (TPSA) is 92.9 Å². The van der Waals surface area contributed by atoms with Gasteiger partial charge < -0.3 is 11.5 Å². The largest absolute Gasteiger partial charge is 0.399 e. The third-order valence-corrected chi connectivity index (χ3v) is 2.25. The lowest BCUT2D eigenvalue weighted by atomic mass is 10.0.